The van der Waals surface area contributed by atoms with Gasteiger partial charge in [-0.15, -0.1) is 0 Å². The van der Waals surface area contributed by atoms with Crippen molar-refractivity contribution in [3.63, 3.8) is 0 Å². The van der Waals surface area contributed by atoms with E-state index < -0.39 is 10.0 Å². The highest BCUT2D eigenvalue weighted by Gasteiger charge is 2.41. The molecule has 0 bridgehead atoms. The summed E-state index contributed by atoms with van der Waals surface area (Å²) in [5.74, 6) is 2.16. The summed E-state index contributed by atoms with van der Waals surface area (Å²) in [5, 5.41) is 9.95. The summed E-state index contributed by atoms with van der Waals surface area (Å²) in [6, 6.07) is 13.9. The van der Waals surface area contributed by atoms with Crippen molar-refractivity contribution in [2.45, 2.75) is 45.3 Å². The minimum atomic E-state index is -3.26. The molecule has 1 fully saturated rings. The van der Waals surface area contributed by atoms with E-state index >= 15 is 0 Å². The number of likely N-dealkylation sites (N-methyl/N-ethyl adjacent to an activating group) is 1. The van der Waals surface area contributed by atoms with E-state index in [1.54, 1.807) is 25.6 Å². The Morgan fingerprint density at radius 1 is 1.02 bits per heavy atom. The third kappa shape index (κ3) is 5.80. The van der Waals surface area contributed by atoms with Crippen LogP contribution in [-0.4, -0.2) is 74.4 Å². The molecule has 0 amide bonds. The smallest absolute Gasteiger partial charge is 0.211 e. The number of aromatic nitrogens is 6. The number of pyridine rings is 2. The van der Waals surface area contributed by atoms with Gasteiger partial charge in [0.1, 0.15) is 11.6 Å². The Hall–Kier alpha value is -4.42. The molecule has 1 aliphatic rings. The fourth-order valence-electron chi connectivity index (χ4n) is 5.56. The lowest BCUT2D eigenvalue weighted by Gasteiger charge is -2.51. The summed E-state index contributed by atoms with van der Waals surface area (Å²) in [6.45, 7) is 7.61. The van der Waals surface area contributed by atoms with E-state index in [9.17, 15) is 8.42 Å². The third-order valence-corrected chi connectivity index (χ3v) is 9.44. The highest BCUT2D eigenvalue weighted by molar-refractivity contribution is 7.88. The Kier molecular flexibility index (Phi) is 7.57. The molecule has 12 heteroatoms. The molecule has 43 heavy (non-hydrogen) atoms. The van der Waals surface area contributed by atoms with Gasteiger partial charge in [-0.1, -0.05) is 26.0 Å². The van der Waals surface area contributed by atoms with Crippen molar-refractivity contribution >= 4 is 38.1 Å². The number of nitrogens with one attached hydrogen (secondary N) is 1. The maximum Gasteiger partial charge on any atom is 0.211 e. The van der Waals surface area contributed by atoms with Gasteiger partial charge in [0.25, 0.3) is 0 Å². The second-order valence-corrected chi connectivity index (χ2v) is 13.4. The number of nitrogens with zero attached hydrogens (tertiary/aromatic N) is 8. The van der Waals surface area contributed by atoms with Gasteiger partial charge in [0.2, 0.25) is 10.0 Å². The zero-order valence-corrected chi connectivity index (χ0v) is 25.7. The van der Waals surface area contributed by atoms with Crippen molar-refractivity contribution in [1.82, 2.24) is 34.0 Å². The molecular formula is C31H35N9O2S. The molecule has 0 spiro atoms. The summed E-state index contributed by atoms with van der Waals surface area (Å²) >= 11 is 0. The summed E-state index contributed by atoms with van der Waals surface area (Å²) in [6.07, 6.45) is 10.3. The molecule has 5 heterocycles. The molecule has 4 aromatic heterocycles. The molecule has 5 aromatic rings. The molecule has 1 saturated heterocycles. The van der Waals surface area contributed by atoms with Crippen molar-refractivity contribution in [3.05, 3.63) is 84.7 Å². The van der Waals surface area contributed by atoms with Crippen LogP contribution in [0, 0.1) is 0 Å². The molecule has 2 atom stereocenters. The van der Waals surface area contributed by atoms with Crippen molar-refractivity contribution in [3.8, 4) is 11.4 Å². The van der Waals surface area contributed by atoms with Crippen molar-refractivity contribution < 1.29 is 8.42 Å². The van der Waals surface area contributed by atoms with Crippen LogP contribution in [0.2, 0.25) is 0 Å². The van der Waals surface area contributed by atoms with Crippen LogP contribution in [0.25, 0.3) is 22.2 Å². The second kappa shape index (κ2) is 11.3. The topological polar surface area (TPSA) is 122 Å². The summed E-state index contributed by atoms with van der Waals surface area (Å²) in [7, 11) is -1.61. The van der Waals surface area contributed by atoms with Crippen molar-refractivity contribution in [2.24, 2.45) is 0 Å². The van der Waals surface area contributed by atoms with Crippen LogP contribution >= 0.6 is 0 Å². The van der Waals surface area contributed by atoms with Crippen LogP contribution < -0.4 is 10.2 Å². The molecule has 1 aromatic carbocycles. The fourth-order valence-corrected chi connectivity index (χ4v) is 6.30. The number of sulfonamides is 1. The Labute approximate surface area is 251 Å². The van der Waals surface area contributed by atoms with Crippen LogP contribution in [0.1, 0.15) is 37.9 Å². The predicted molar refractivity (Wildman–Crippen MR) is 169 cm³/mol. The minimum absolute atomic E-state index is 0.0402. The highest BCUT2D eigenvalue weighted by atomic mass is 32.2. The zero-order chi connectivity index (χ0) is 30.3. The average Bonchev–Trinajstić information content (AvgIpc) is 3.45. The lowest BCUT2D eigenvalue weighted by Crippen LogP contribution is -2.65. The zero-order valence-electron chi connectivity index (χ0n) is 24.9. The molecule has 6 rings (SSSR count). The van der Waals surface area contributed by atoms with Crippen molar-refractivity contribution in [2.75, 3.05) is 30.1 Å². The van der Waals surface area contributed by atoms with E-state index in [-0.39, 0.29) is 12.1 Å². The van der Waals surface area contributed by atoms with Crippen LogP contribution in [0.3, 0.4) is 0 Å². The molecule has 0 radical (unpaired) electrons. The normalized spacial score (nSPS) is 17.0. The Bertz CT molecular complexity index is 1880. The fraction of sp³-hybridized carbons (Fsp3) is 0.323. The minimum Gasteiger partial charge on any atom is -0.365 e. The molecule has 222 valence electrons. The quantitative estimate of drug-likeness (QED) is 0.258. The average molecular weight is 598 g/mol. The van der Waals surface area contributed by atoms with Gasteiger partial charge in [-0.2, -0.15) is 9.40 Å². The number of fused-ring (bicyclic) bond motifs is 1. The van der Waals surface area contributed by atoms with Crippen LogP contribution in [0.5, 0.6) is 0 Å². The first kappa shape index (κ1) is 28.7. The molecule has 11 nitrogen and oxygen atoms in total. The van der Waals surface area contributed by atoms with Gasteiger partial charge in [0.05, 0.1) is 36.3 Å². The largest absolute Gasteiger partial charge is 0.365 e. The van der Waals surface area contributed by atoms with Crippen molar-refractivity contribution in [1.29, 1.82) is 0 Å². The SMILES string of the molecule is CC(C)c1ccc(N2C[C@H](N(C)S(C)(=O)=O)[C@H]2C)c2cnc(Nc3ccnc(-c4cnn(Cc5ccccn5)c4)n3)cc12. The van der Waals surface area contributed by atoms with E-state index in [4.69, 9.17) is 9.97 Å². The van der Waals surface area contributed by atoms with Gasteiger partial charge in [-0.3, -0.25) is 9.67 Å². The van der Waals surface area contributed by atoms with Gasteiger partial charge >= 0.3 is 0 Å². The van der Waals surface area contributed by atoms with E-state index in [0.29, 0.717) is 36.5 Å². The van der Waals surface area contributed by atoms with Gasteiger partial charge in [-0.25, -0.2) is 23.4 Å². The standard InChI is InChI=1S/C31H35N9O2S/c1-20(2)24-9-10-27(40-19-28(21(40)3)38(4)43(5,41)42)26-16-34-30(14-25(24)26)36-29-11-13-33-31(37-29)22-15-35-39(17-22)18-23-8-6-7-12-32-23/h6-17,20-21,28H,18-19H2,1-5H3,(H,33,34,36,37)/t21-,28+/m1/s1. The highest BCUT2D eigenvalue weighted by Crippen LogP contribution is 2.39. The maximum absolute atomic E-state index is 12.1. The van der Waals surface area contributed by atoms with Crippen LogP contribution in [0.15, 0.2) is 73.4 Å². The molecule has 1 aliphatic heterocycles. The summed E-state index contributed by atoms with van der Waals surface area (Å²) in [4.78, 5) is 20.5. The number of hydrogen-bond donors (Lipinski definition) is 1. The number of anilines is 3. The second-order valence-electron chi connectivity index (χ2n) is 11.3. The monoisotopic (exact) mass is 597 g/mol. The van der Waals surface area contributed by atoms with E-state index in [1.807, 2.05) is 41.3 Å². The first-order valence-electron chi connectivity index (χ1n) is 14.2. The molecule has 0 unspecified atom stereocenters. The number of rotatable bonds is 9. The number of hydrogen-bond acceptors (Lipinski definition) is 9. The molecule has 1 N–H and O–H groups in total. The molecule has 0 saturated carbocycles. The summed E-state index contributed by atoms with van der Waals surface area (Å²) < 4.78 is 27.5. The van der Waals surface area contributed by atoms with E-state index in [1.165, 1.54) is 16.1 Å². The Morgan fingerprint density at radius 2 is 1.86 bits per heavy atom. The lowest BCUT2D eigenvalue weighted by atomic mass is 9.92. The number of benzene rings is 1. The third-order valence-electron chi connectivity index (χ3n) is 8.12. The van der Waals surface area contributed by atoms with Gasteiger partial charge < -0.3 is 10.2 Å². The molecular weight excluding hydrogens is 562 g/mol. The first-order chi connectivity index (χ1) is 20.6. The van der Waals surface area contributed by atoms with Crippen LogP contribution in [-0.2, 0) is 16.6 Å². The van der Waals surface area contributed by atoms with E-state index in [0.717, 1.165) is 27.7 Å². The first-order valence-corrected chi connectivity index (χ1v) is 16.1. The molecule has 0 aliphatic carbocycles. The Balaban J connectivity index is 1.25. The predicted octanol–water partition coefficient (Wildman–Crippen LogP) is 4.67. The van der Waals surface area contributed by atoms with Gasteiger partial charge in [0.15, 0.2) is 5.82 Å². The lowest BCUT2D eigenvalue weighted by molar-refractivity contribution is 0.251. The van der Waals surface area contributed by atoms with Crippen LogP contribution in [0.4, 0.5) is 17.3 Å². The Morgan fingerprint density at radius 3 is 2.58 bits per heavy atom. The van der Waals surface area contributed by atoms with E-state index in [2.05, 4.69) is 64.3 Å². The van der Waals surface area contributed by atoms with Gasteiger partial charge in [0, 0.05) is 55.5 Å². The maximum atomic E-state index is 12.1. The summed E-state index contributed by atoms with van der Waals surface area (Å²) in [5.41, 5.74) is 3.99. The van der Waals surface area contributed by atoms with Gasteiger partial charge in [-0.05, 0) is 54.1 Å².